The van der Waals surface area contributed by atoms with Gasteiger partial charge in [-0.1, -0.05) is 12.1 Å². The van der Waals surface area contributed by atoms with Crippen LogP contribution in [0.2, 0.25) is 0 Å². The van der Waals surface area contributed by atoms with E-state index in [4.69, 9.17) is 4.42 Å². The standard InChI is InChI=1S/C17H21N3O5/c1-12-8-9-15(25-12)17(2,22)11-18-16(21)10-19(3)13-6-4-5-7-14(13)20(23)24/h4-9,22H,10-11H2,1-3H3,(H,18,21). The third kappa shape index (κ3) is 4.57. The molecular weight excluding hydrogens is 326 g/mol. The number of amides is 1. The van der Waals surface area contributed by atoms with E-state index in [0.717, 1.165) is 0 Å². The van der Waals surface area contributed by atoms with Crippen molar-refractivity contribution in [3.05, 3.63) is 58.0 Å². The lowest BCUT2D eigenvalue weighted by atomic mass is 10.0. The number of furan rings is 1. The first-order valence-corrected chi connectivity index (χ1v) is 7.71. The Labute approximate surface area is 145 Å². The summed E-state index contributed by atoms with van der Waals surface area (Å²) in [5, 5.41) is 24.1. The van der Waals surface area contributed by atoms with Gasteiger partial charge >= 0.3 is 0 Å². The van der Waals surface area contributed by atoms with Crippen molar-refractivity contribution in [2.75, 3.05) is 25.0 Å². The minimum atomic E-state index is -1.35. The van der Waals surface area contributed by atoms with Gasteiger partial charge in [0.1, 0.15) is 22.8 Å². The Morgan fingerprint density at radius 2 is 2.04 bits per heavy atom. The largest absolute Gasteiger partial charge is 0.463 e. The number of hydrogen-bond donors (Lipinski definition) is 2. The predicted octanol–water partition coefficient (Wildman–Crippen LogP) is 1.96. The van der Waals surface area contributed by atoms with Crippen molar-refractivity contribution in [2.24, 2.45) is 0 Å². The summed E-state index contributed by atoms with van der Waals surface area (Å²) in [5.74, 6) is 0.652. The van der Waals surface area contributed by atoms with E-state index in [9.17, 15) is 20.0 Å². The molecule has 2 rings (SSSR count). The maximum Gasteiger partial charge on any atom is 0.292 e. The summed E-state index contributed by atoms with van der Waals surface area (Å²) < 4.78 is 5.39. The van der Waals surface area contributed by atoms with Crippen molar-refractivity contribution in [3.63, 3.8) is 0 Å². The molecule has 1 atom stereocenters. The minimum Gasteiger partial charge on any atom is -0.463 e. The second-order valence-electron chi connectivity index (χ2n) is 6.06. The Kier molecular flexibility index (Phi) is 5.43. The van der Waals surface area contributed by atoms with E-state index < -0.39 is 10.5 Å². The summed E-state index contributed by atoms with van der Waals surface area (Å²) in [5.41, 5.74) is -1.08. The number of aryl methyl sites for hydroxylation is 1. The molecule has 0 aliphatic carbocycles. The van der Waals surface area contributed by atoms with Crippen LogP contribution in [0.5, 0.6) is 0 Å². The van der Waals surface area contributed by atoms with Gasteiger partial charge in [-0.2, -0.15) is 0 Å². The fourth-order valence-corrected chi connectivity index (χ4v) is 2.38. The van der Waals surface area contributed by atoms with Crippen LogP contribution in [0, 0.1) is 17.0 Å². The normalized spacial score (nSPS) is 13.1. The van der Waals surface area contributed by atoms with Gasteiger partial charge in [0, 0.05) is 13.1 Å². The first kappa shape index (κ1) is 18.5. The molecule has 134 valence electrons. The maximum absolute atomic E-state index is 12.1. The summed E-state index contributed by atoms with van der Waals surface area (Å²) >= 11 is 0. The number of carbonyl (C=O) groups excluding carboxylic acids is 1. The second kappa shape index (κ2) is 7.35. The fourth-order valence-electron chi connectivity index (χ4n) is 2.38. The van der Waals surface area contributed by atoms with Gasteiger partial charge in [-0.3, -0.25) is 14.9 Å². The molecule has 0 aliphatic heterocycles. The van der Waals surface area contributed by atoms with E-state index in [1.807, 2.05) is 0 Å². The van der Waals surface area contributed by atoms with Gasteiger partial charge < -0.3 is 19.7 Å². The number of rotatable bonds is 7. The Morgan fingerprint density at radius 3 is 2.64 bits per heavy atom. The van der Waals surface area contributed by atoms with E-state index in [0.29, 0.717) is 17.2 Å². The predicted molar refractivity (Wildman–Crippen MR) is 92.4 cm³/mol. The van der Waals surface area contributed by atoms with E-state index in [-0.39, 0.29) is 24.7 Å². The zero-order chi connectivity index (χ0) is 18.6. The van der Waals surface area contributed by atoms with Crippen LogP contribution in [0.4, 0.5) is 11.4 Å². The highest BCUT2D eigenvalue weighted by Gasteiger charge is 2.27. The fraction of sp³-hybridized carbons (Fsp3) is 0.353. The van der Waals surface area contributed by atoms with Gasteiger partial charge in [-0.25, -0.2) is 0 Å². The van der Waals surface area contributed by atoms with Crippen LogP contribution in [0.25, 0.3) is 0 Å². The lowest BCUT2D eigenvalue weighted by molar-refractivity contribution is -0.384. The van der Waals surface area contributed by atoms with Crippen LogP contribution < -0.4 is 10.2 Å². The van der Waals surface area contributed by atoms with Crippen LogP contribution in [0.1, 0.15) is 18.4 Å². The first-order valence-electron chi connectivity index (χ1n) is 7.71. The summed E-state index contributed by atoms with van der Waals surface area (Å²) in [7, 11) is 1.59. The third-order valence-electron chi connectivity index (χ3n) is 3.77. The van der Waals surface area contributed by atoms with Crippen LogP contribution in [-0.2, 0) is 10.4 Å². The average molecular weight is 347 g/mol. The number of nitro benzene ring substituents is 1. The lowest BCUT2D eigenvalue weighted by Crippen LogP contribution is -2.42. The Bertz CT molecular complexity index is 769. The van der Waals surface area contributed by atoms with Crippen molar-refractivity contribution in [1.29, 1.82) is 0 Å². The zero-order valence-corrected chi connectivity index (χ0v) is 14.4. The van der Waals surface area contributed by atoms with Gasteiger partial charge in [0.15, 0.2) is 0 Å². The minimum absolute atomic E-state index is 0.0382. The molecule has 8 nitrogen and oxygen atoms in total. The number of carbonyl (C=O) groups is 1. The van der Waals surface area contributed by atoms with Gasteiger partial charge in [-0.15, -0.1) is 0 Å². The molecule has 1 unspecified atom stereocenters. The van der Waals surface area contributed by atoms with Gasteiger partial charge in [0.2, 0.25) is 5.91 Å². The number of nitrogens with zero attached hydrogens (tertiary/aromatic N) is 2. The number of para-hydroxylation sites is 2. The Morgan fingerprint density at radius 1 is 1.36 bits per heavy atom. The molecule has 1 amide bonds. The Hall–Kier alpha value is -2.87. The molecule has 1 heterocycles. The third-order valence-corrected chi connectivity index (χ3v) is 3.77. The molecule has 1 aromatic carbocycles. The number of hydrogen-bond acceptors (Lipinski definition) is 6. The number of anilines is 1. The van der Waals surface area contributed by atoms with Crippen molar-refractivity contribution in [2.45, 2.75) is 19.4 Å². The Balaban J connectivity index is 1.97. The molecule has 0 saturated carbocycles. The van der Waals surface area contributed by atoms with Gasteiger partial charge in [-0.05, 0) is 32.0 Å². The smallest absolute Gasteiger partial charge is 0.292 e. The number of likely N-dealkylation sites (N-methyl/N-ethyl adjacent to an activating group) is 1. The van der Waals surface area contributed by atoms with E-state index >= 15 is 0 Å². The molecule has 0 saturated heterocycles. The molecule has 0 fully saturated rings. The van der Waals surface area contributed by atoms with Crippen LogP contribution in [-0.4, -0.2) is 36.1 Å². The highest BCUT2D eigenvalue weighted by molar-refractivity contribution is 5.82. The molecule has 0 bridgehead atoms. The zero-order valence-electron chi connectivity index (χ0n) is 14.4. The van der Waals surface area contributed by atoms with Crippen LogP contribution in [0.3, 0.4) is 0 Å². The average Bonchev–Trinajstić information content (AvgIpc) is 3.00. The van der Waals surface area contributed by atoms with Crippen molar-refractivity contribution < 1.29 is 19.2 Å². The van der Waals surface area contributed by atoms with Gasteiger partial charge in [0.25, 0.3) is 5.69 Å². The van der Waals surface area contributed by atoms with E-state index in [1.54, 1.807) is 44.3 Å². The second-order valence-corrected chi connectivity index (χ2v) is 6.06. The van der Waals surface area contributed by atoms with E-state index in [1.165, 1.54) is 17.9 Å². The molecule has 1 aromatic heterocycles. The summed E-state index contributed by atoms with van der Waals surface area (Å²) in [6, 6.07) is 9.58. The molecule has 2 N–H and O–H groups in total. The molecule has 25 heavy (non-hydrogen) atoms. The van der Waals surface area contributed by atoms with Crippen molar-refractivity contribution in [1.82, 2.24) is 5.32 Å². The quantitative estimate of drug-likeness (QED) is 0.585. The number of nitrogens with one attached hydrogen (secondary N) is 1. The first-order chi connectivity index (χ1) is 11.7. The lowest BCUT2D eigenvalue weighted by Gasteiger charge is -2.23. The van der Waals surface area contributed by atoms with Crippen LogP contribution in [0.15, 0.2) is 40.8 Å². The maximum atomic E-state index is 12.1. The molecule has 0 aliphatic rings. The molecule has 0 radical (unpaired) electrons. The van der Waals surface area contributed by atoms with Crippen molar-refractivity contribution >= 4 is 17.3 Å². The number of aliphatic hydroxyl groups is 1. The highest BCUT2D eigenvalue weighted by Crippen LogP contribution is 2.26. The molecule has 8 heteroatoms. The number of nitro groups is 1. The summed E-state index contributed by atoms with van der Waals surface area (Å²) in [6.45, 7) is 3.18. The van der Waals surface area contributed by atoms with Crippen molar-refractivity contribution in [3.8, 4) is 0 Å². The van der Waals surface area contributed by atoms with Crippen LogP contribution >= 0.6 is 0 Å². The van der Waals surface area contributed by atoms with E-state index in [2.05, 4.69) is 5.32 Å². The molecular formula is C17H21N3O5. The molecule has 2 aromatic rings. The van der Waals surface area contributed by atoms with Gasteiger partial charge in [0.05, 0.1) is 18.0 Å². The topological polar surface area (TPSA) is 109 Å². The highest BCUT2D eigenvalue weighted by atomic mass is 16.6. The number of benzene rings is 1. The SMILES string of the molecule is Cc1ccc(C(C)(O)CNC(=O)CN(C)c2ccccc2[N+](=O)[O-])o1. The summed E-state index contributed by atoms with van der Waals surface area (Å²) in [6.07, 6.45) is 0. The summed E-state index contributed by atoms with van der Waals surface area (Å²) in [4.78, 5) is 24.2. The molecule has 0 spiro atoms. The monoisotopic (exact) mass is 347 g/mol.